The summed E-state index contributed by atoms with van der Waals surface area (Å²) >= 11 is 0. The second-order valence-electron chi connectivity index (χ2n) is 4.07. The molecule has 0 bridgehead atoms. The number of alkyl halides is 3. The van der Waals surface area contributed by atoms with Crippen LogP contribution in [0.15, 0.2) is 18.3 Å². The molecular formula is C12H10F4N4O2. The number of carbonyl (C=O) groups is 1. The molecule has 0 radical (unpaired) electrons. The van der Waals surface area contributed by atoms with E-state index in [4.69, 9.17) is 5.73 Å². The molecule has 0 unspecified atom stereocenters. The first-order valence-electron chi connectivity index (χ1n) is 6.00. The lowest BCUT2D eigenvalue weighted by molar-refractivity contribution is -0.143. The van der Waals surface area contributed by atoms with Crippen LogP contribution >= 0.6 is 0 Å². The predicted octanol–water partition coefficient (Wildman–Crippen LogP) is 2.18. The molecule has 6 nitrogen and oxygen atoms in total. The van der Waals surface area contributed by atoms with E-state index >= 15 is 0 Å². The molecule has 0 saturated carbocycles. The van der Waals surface area contributed by atoms with E-state index in [-0.39, 0.29) is 12.4 Å². The summed E-state index contributed by atoms with van der Waals surface area (Å²) in [7, 11) is 0. The summed E-state index contributed by atoms with van der Waals surface area (Å²) < 4.78 is 57.6. The third kappa shape index (κ3) is 2.85. The van der Waals surface area contributed by atoms with E-state index < -0.39 is 35.0 Å². The van der Waals surface area contributed by atoms with E-state index in [1.165, 1.54) is 6.92 Å². The molecule has 2 N–H and O–H groups in total. The van der Waals surface area contributed by atoms with Crippen LogP contribution in [0.2, 0.25) is 0 Å². The average molecular weight is 318 g/mol. The number of esters is 1. The predicted molar refractivity (Wildman–Crippen MR) is 66.7 cm³/mol. The average Bonchev–Trinajstić information content (AvgIpc) is 2.87. The maximum Gasteiger partial charge on any atom is 0.434 e. The standard InChI is InChI=1S/C12H10F4N4O2/c1-2-22-11(21)6-5-18-20(9(6)12(14,15)16)8-4-3-7(13)10(17)19-8/h3-5H,2H2,1H3,(H2,17,19). The second-order valence-corrected chi connectivity index (χ2v) is 4.07. The van der Waals surface area contributed by atoms with Crippen LogP contribution in [-0.4, -0.2) is 27.3 Å². The van der Waals surface area contributed by atoms with Gasteiger partial charge in [-0.2, -0.15) is 18.3 Å². The van der Waals surface area contributed by atoms with Crippen LogP contribution in [0.25, 0.3) is 5.82 Å². The lowest BCUT2D eigenvalue weighted by Gasteiger charge is -2.12. The molecule has 0 atom stereocenters. The van der Waals surface area contributed by atoms with Gasteiger partial charge in [-0.05, 0) is 19.1 Å². The molecule has 0 amide bonds. The molecule has 0 aliphatic heterocycles. The number of nitrogens with zero attached hydrogens (tertiary/aromatic N) is 3. The third-order valence-corrected chi connectivity index (χ3v) is 2.61. The lowest BCUT2D eigenvalue weighted by Crippen LogP contribution is -2.19. The van der Waals surface area contributed by atoms with Gasteiger partial charge in [-0.1, -0.05) is 0 Å². The number of rotatable bonds is 3. The number of hydrogen-bond acceptors (Lipinski definition) is 5. The summed E-state index contributed by atoms with van der Waals surface area (Å²) in [6.45, 7) is 1.36. The second kappa shape index (κ2) is 5.62. The zero-order valence-corrected chi connectivity index (χ0v) is 11.2. The molecule has 0 aliphatic carbocycles. The van der Waals surface area contributed by atoms with Crippen molar-refractivity contribution in [2.24, 2.45) is 0 Å². The minimum Gasteiger partial charge on any atom is -0.462 e. The van der Waals surface area contributed by atoms with Gasteiger partial charge in [-0.25, -0.2) is 18.9 Å². The van der Waals surface area contributed by atoms with Gasteiger partial charge in [0.05, 0.1) is 12.8 Å². The first-order valence-corrected chi connectivity index (χ1v) is 6.00. The molecular weight excluding hydrogens is 308 g/mol. The molecule has 0 aliphatic rings. The molecule has 22 heavy (non-hydrogen) atoms. The van der Waals surface area contributed by atoms with Crippen molar-refractivity contribution in [2.45, 2.75) is 13.1 Å². The fourth-order valence-electron chi connectivity index (χ4n) is 1.72. The Morgan fingerprint density at radius 1 is 1.41 bits per heavy atom. The number of anilines is 1. The molecule has 2 heterocycles. The third-order valence-electron chi connectivity index (χ3n) is 2.61. The van der Waals surface area contributed by atoms with Crippen molar-refractivity contribution in [1.29, 1.82) is 0 Å². The Labute approximate surface area is 121 Å². The van der Waals surface area contributed by atoms with Gasteiger partial charge in [0.25, 0.3) is 0 Å². The zero-order chi connectivity index (χ0) is 16.5. The Morgan fingerprint density at radius 2 is 2.09 bits per heavy atom. The van der Waals surface area contributed by atoms with Crippen molar-refractivity contribution in [1.82, 2.24) is 14.8 Å². The van der Waals surface area contributed by atoms with Crippen molar-refractivity contribution in [3.05, 3.63) is 35.4 Å². The summed E-state index contributed by atoms with van der Waals surface area (Å²) in [5.74, 6) is -3.01. The van der Waals surface area contributed by atoms with Gasteiger partial charge in [0, 0.05) is 0 Å². The number of aromatic nitrogens is 3. The van der Waals surface area contributed by atoms with Crippen LogP contribution in [0.3, 0.4) is 0 Å². The largest absolute Gasteiger partial charge is 0.462 e. The van der Waals surface area contributed by atoms with Gasteiger partial charge in [0.15, 0.2) is 23.1 Å². The fourth-order valence-corrected chi connectivity index (χ4v) is 1.72. The molecule has 118 valence electrons. The number of nitrogen functional groups attached to an aromatic ring is 1. The van der Waals surface area contributed by atoms with E-state index in [2.05, 4.69) is 14.8 Å². The van der Waals surface area contributed by atoms with Gasteiger partial charge in [-0.15, -0.1) is 0 Å². The molecule has 10 heteroatoms. The minimum atomic E-state index is -4.90. The maximum atomic E-state index is 13.2. The summed E-state index contributed by atoms with van der Waals surface area (Å²) in [5, 5.41) is 3.48. The number of pyridine rings is 1. The lowest BCUT2D eigenvalue weighted by atomic mass is 10.2. The normalized spacial score (nSPS) is 11.5. The molecule has 2 aromatic heterocycles. The van der Waals surface area contributed by atoms with E-state index in [1.54, 1.807) is 0 Å². The quantitative estimate of drug-likeness (QED) is 0.693. The molecule has 2 aromatic rings. The van der Waals surface area contributed by atoms with Crippen LogP contribution < -0.4 is 5.73 Å². The van der Waals surface area contributed by atoms with E-state index in [9.17, 15) is 22.4 Å². The van der Waals surface area contributed by atoms with E-state index in [0.29, 0.717) is 10.9 Å². The molecule has 0 fully saturated rings. The minimum absolute atomic E-state index is 0.0942. The van der Waals surface area contributed by atoms with Crippen LogP contribution in [0, 0.1) is 5.82 Å². The van der Waals surface area contributed by atoms with E-state index in [0.717, 1.165) is 12.1 Å². The summed E-state index contributed by atoms with van der Waals surface area (Å²) in [4.78, 5) is 15.1. The van der Waals surface area contributed by atoms with Crippen molar-refractivity contribution >= 4 is 11.8 Å². The van der Waals surface area contributed by atoms with Crippen molar-refractivity contribution in [3.8, 4) is 5.82 Å². The van der Waals surface area contributed by atoms with Gasteiger partial charge in [-0.3, -0.25) is 0 Å². The number of hydrogen-bond donors (Lipinski definition) is 1. The van der Waals surface area contributed by atoms with Crippen LogP contribution in [0.4, 0.5) is 23.4 Å². The topological polar surface area (TPSA) is 83.0 Å². The molecule has 0 aromatic carbocycles. The van der Waals surface area contributed by atoms with Crippen molar-refractivity contribution in [2.75, 3.05) is 12.3 Å². The molecule has 0 saturated heterocycles. The highest BCUT2D eigenvalue weighted by molar-refractivity contribution is 5.90. The van der Waals surface area contributed by atoms with Gasteiger partial charge in [0.2, 0.25) is 0 Å². The fraction of sp³-hybridized carbons (Fsp3) is 0.250. The van der Waals surface area contributed by atoms with Gasteiger partial charge >= 0.3 is 12.1 Å². The van der Waals surface area contributed by atoms with Crippen LogP contribution in [-0.2, 0) is 10.9 Å². The smallest absolute Gasteiger partial charge is 0.434 e. The highest BCUT2D eigenvalue weighted by Crippen LogP contribution is 2.33. The molecule has 2 rings (SSSR count). The zero-order valence-electron chi connectivity index (χ0n) is 11.2. The van der Waals surface area contributed by atoms with Gasteiger partial charge in [0.1, 0.15) is 5.56 Å². The highest BCUT2D eigenvalue weighted by atomic mass is 19.4. The van der Waals surface area contributed by atoms with Crippen molar-refractivity contribution in [3.63, 3.8) is 0 Å². The summed E-state index contributed by atoms with van der Waals surface area (Å²) in [6, 6.07) is 1.81. The molecule has 0 spiro atoms. The Morgan fingerprint density at radius 3 is 2.64 bits per heavy atom. The SMILES string of the molecule is CCOC(=O)c1cnn(-c2ccc(F)c(N)n2)c1C(F)(F)F. The summed E-state index contributed by atoms with van der Waals surface area (Å²) in [6.07, 6.45) is -4.19. The summed E-state index contributed by atoms with van der Waals surface area (Å²) in [5.41, 5.74) is 3.10. The Bertz CT molecular complexity index is 712. The van der Waals surface area contributed by atoms with Crippen LogP contribution in [0.1, 0.15) is 23.0 Å². The van der Waals surface area contributed by atoms with Gasteiger partial charge < -0.3 is 10.5 Å². The number of ether oxygens (including phenoxy) is 1. The Hall–Kier alpha value is -2.65. The first kappa shape index (κ1) is 15.7. The first-order chi connectivity index (χ1) is 10.3. The Balaban J connectivity index is 2.61. The maximum absolute atomic E-state index is 13.2. The van der Waals surface area contributed by atoms with Crippen LogP contribution in [0.5, 0.6) is 0 Å². The number of halogens is 4. The van der Waals surface area contributed by atoms with Crippen molar-refractivity contribution < 1.29 is 27.1 Å². The highest BCUT2D eigenvalue weighted by Gasteiger charge is 2.41. The Kier molecular flexibility index (Phi) is 4.02. The van der Waals surface area contributed by atoms with E-state index in [1.807, 2.05) is 0 Å². The number of nitrogens with two attached hydrogens (primary N) is 1. The number of carbonyl (C=O) groups excluding carboxylic acids is 1. The monoisotopic (exact) mass is 318 g/mol.